The molecule has 174 valence electrons. The third-order valence-electron chi connectivity index (χ3n) is 5.80. The summed E-state index contributed by atoms with van der Waals surface area (Å²) in [5, 5.41) is 0.786. The summed E-state index contributed by atoms with van der Waals surface area (Å²) < 4.78 is 10.8. The van der Waals surface area contributed by atoms with Crippen molar-refractivity contribution in [2.45, 2.75) is 6.92 Å². The van der Waals surface area contributed by atoms with E-state index < -0.39 is 0 Å². The predicted molar refractivity (Wildman–Crippen MR) is 142 cm³/mol. The van der Waals surface area contributed by atoms with Gasteiger partial charge in [-0.1, -0.05) is 42.5 Å². The maximum atomic E-state index is 13.4. The second-order valence-corrected chi connectivity index (χ2v) is 8.96. The summed E-state index contributed by atoms with van der Waals surface area (Å²) in [7, 11) is 1.64. The minimum absolute atomic E-state index is 0.129. The highest BCUT2D eigenvalue weighted by Crippen LogP contribution is 2.42. The van der Waals surface area contributed by atoms with Crippen molar-refractivity contribution in [3.05, 3.63) is 95.4 Å². The van der Waals surface area contributed by atoms with Crippen LogP contribution in [0.1, 0.15) is 22.2 Å². The molecule has 0 aliphatic heterocycles. The smallest absolute Gasteiger partial charge is 0.205 e. The molecule has 5 rings (SSSR count). The molecule has 0 saturated heterocycles. The molecule has 3 aromatic carbocycles. The van der Waals surface area contributed by atoms with Crippen molar-refractivity contribution in [3.63, 3.8) is 0 Å². The zero-order valence-electron chi connectivity index (χ0n) is 19.4. The number of nitrogen functional groups attached to an aromatic ring is 1. The maximum Gasteiger partial charge on any atom is 0.205 e. The number of anilines is 1. The van der Waals surface area contributed by atoms with Crippen molar-refractivity contribution in [1.29, 1.82) is 0 Å². The van der Waals surface area contributed by atoms with E-state index in [-0.39, 0.29) is 5.78 Å². The van der Waals surface area contributed by atoms with E-state index in [2.05, 4.69) is 0 Å². The summed E-state index contributed by atoms with van der Waals surface area (Å²) >= 11 is 1.33. The number of hydrogen-bond acceptors (Lipinski definition) is 6. The van der Waals surface area contributed by atoms with Gasteiger partial charge in [-0.25, -0.2) is 4.98 Å². The topological polar surface area (TPSA) is 74.4 Å². The van der Waals surface area contributed by atoms with E-state index in [4.69, 9.17) is 20.2 Å². The quantitative estimate of drug-likeness (QED) is 0.258. The number of nitrogens with two attached hydrogens (primary N) is 1. The Morgan fingerprint density at radius 3 is 2.26 bits per heavy atom. The number of carbonyl (C=O) groups is 1. The molecule has 5 nitrogen and oxygen atoms in total. The van der Waals surface area contributed by atoms with Gasteiger partial charge in [0.05, 0.1) is 25.1 Å². The van der Waals surface area contributed by atoms with E-state index in [9.17, 15) is 4.79 Å². The zero-order valence-corrected chi connectivity index (χ0v) is 20.3. The van der Waals surface area contributed by atoms with Crippen molar-refractivity contribution < 1.29 is 14.3 Å². The summed E-state index contributed by atoms with van der Waals surface area (Å²) in [6.45, 7) is 2.49. The molecule has 0 aliphatic rings. The van der Waals surface area contributed by atoms with Gasteiger partial charge >= 0.3 is 0 Å². The third kappa shape index (κ3) is 4.36. The molecule has 0 atom stereocenters. The van der Waals surface area contributed by atoms with Gasteiger partial charge < -0.3 is 15.2 Å². The molecular weight excluding hydrogens is 456 g/mol. The van der Waals surface area contributed by atoms with Gasteiger partial charge in [0, 0.05) is 16.5 Å². The SMILES string of the molecule is CCOc1ccc(C(=O)c2sc3nc(-c4ccccc4)cc(-c4ccc(OC)cc4)c3c2N)cc1. The van der Waals surface area contributed by atoms with E-state index in [0.29, 0.717) is 22.7 Å². The van der Waals surface area contributed by atoms with E-state index in [1.54, 1.807) is 31.4 Å². The molecule has 0 amide bonds. The van der Waals surface area contributed by atoms with E-state index >= 15 is 0 Å². The number of ether oxygens (including phenoxy) is 2. The average molecular weight is 481 g/mol. The molecule has 35 heavy (non-hydrogen) atoms. The van der Waals surface area contributed by atoms with Crippen molar-refractivity contribution >= 4 is 33.0 Å². The lowest BCUT2D eigenvalue weighted by Crippen LogP contribution is -2.02. The highest BCUT2D eigenvalue weighted by molar-refractivity contribution is 7.21. The lowest BCUT2D eigenvalue weighted by atomic mass is 9.98. The minimum atomic E-state index is -0.129. The monoisotopic (exact) mass is 480 g/mol. The van der Waals surface area contributed by atoms with Gasteiger partial charge in [0.2, 0.25) is 5.78 Å². The van der Waals surface area contributed by atoms with Crippen LogP contribution in [0.25, 0.3) is 32.6 Å². The first-order valence-corrected chi connectivity index (χ1v) is 12.1. The summed E-state index contributed by atoms with van der Waals surface area (Å²) in [6.07, 6.45) is 0. The van der Waals surface area contributed by atoms with Gasteiger partial charge in [-0.05, 0) is 60.5 Å². The summed E-state index contributed by atoms with van der Waals surface area (Å²) in [4.78, 5) is 19.5. The highest BCUT2D eigenvalue weighted by atomic mass is 32.1. The van der Waals surface area contributed by atoms with E-state index in [1.807, 2.05) is 67.6 Å². The number of benzene rings is 3. The standard InChI is InChI=1S/C29H24N2O3S/c1-3-34-22-15-11-20(12-16-22)27(32)28-26(30)25-23(18-9-13-21(33-2)14-10-18)17-24(31-29(25)35-28)19-7-5-4-6-8-19/h4-17H,3,30H2,1-2H3. The highest BCUT2D eigenvalue weighted by Gasteiger charge is 2.22. The molecule has 0 radical (unpaired) electrons. The number of pyridine rings is 1. The van der Waals surface area contributed by atoms with Crippen molar-refractivity contribution in [1.82, 2.24) is 4.98 Å². The maximum absolute atomic E-state index is 13.4. The van der Waals surface area contributed by atoms with Crippen LogP contribution in [0.3, 0.4) is 0 Å². The number of thiophene rings is 1. The molecule has 2 aromatic heterocycles. The number of nitrogens with zero attached hydrogens (tertiary/aromatic N) is 1. The molecule has 0 aliphatic carbocycles. The van der Waals surface area contributed by atoms with Crippen LogP contribution < -0.4 is 15.2 Å². The van der Waals surface area contributed by atoms with Crippen LogP contribution in [0.15, 0.2) is 84.9 Å². The molecule has 2 heterocycles. The van der Waals surface area contributed by atoms with Gasteiger partial charge in [0.1, 0.15) is 21.2 Å². The fourth-order valence-electron chi connectivity index (χ4n) is 4.04. The second kappa shape index (κ2) is 9.60. The molecule has 0 fully saturated rings. The Labute approximate surface area is 207 Å². The predicted octanol–water partition coefficient (Wildman–Crippen LogP) is 6.85. The summed E-state index contributed by atoms with van der Waals surface area (Å²) in [5.41, 5.74) is 11.4. The van der Waals surface area contributed by atoms with Gasteiger partial charge in [0.15, 0.2) is 0 Å². The van der Waals surface area contributed by atoms with Crippen LogP contribution in [-0.2, 0) is 0 Å². The zero-order chi connectivity index (χ0) is 24.4. The van der Waals surface area contributed by atoms with Crippen LogP contribution in [-0.4, -0.2) is 24.5 Å². The van der Waals surface area contributed by atoms with Gasteiger partial charge in [0.25, 0.3) is 0 Å². The molecule has 0 unspecified atom stereocenters. The molecule has 6 heteroatoms. The van der Waals surface area contributed by atoms with Crippen molar-refractivity contribution in [2.75, 3.05) is 19.5 Å². The average Bonchev–Trinajstić information content (AvgIpc) is 3.25. The molecule has 2 N–H and O–H groups in total. The summed E-state index contributed by atoms with van der Waals surface area (Å²) in [5.74, 6) is 1.37. The van der Waals surface area contributed by atoms with E-state index in [0.717, 1.165) is 44.1 Å². The van der Waals surface area contributed by atoms with Crippen LogP contribution in [0.2, 0.25) is 0 Å². The minimum Gasteiger partial charge on any atom is -0.497 e. The number of rotatable bonds is 7. The Balaban J connectivity index is 1.67. The normalized spacial score (nSPS) is 10.9. The largest absolute Gasteiger partial charge is 0.497 e. The fraction of sp³-hybridized carbons (Fsp3) is 0.103. The van der Waals surface area contributed by atoms with Crippen LogP contribution in [0.4, 0.5) is 5.69 Å². The van der Waals surface area contributed by atoms with Crippen LogP contribution in [0.5, 0.6) is 11.5 Å². The second-order valence-electron chi connectivity index (χ2n) is 7.96. The number of ketones is 1. The van der Waals surface area contributed by atoms with Crippen molar-refractivity contribution in [2.24, 2.45) is 0 Å². The Morgan fingerprint density at radius 1 is 0.914 bits per heavy atom. The first kappa shape index (κ1) is 22.6. The lowest BCUT2D eigenvalue weighted by molar-refractivity contribution is 0.104. The first-order valence-electron chi connectivity index (χ1n) is 11.3. The number of fused-ring (bicyclic) bond motifs is 1. The van der Waals surface area contributed by atoms with E-state index in [1.165, 1.54) is 11.3 Å². The Kier molecular flexibility index (Phi) is 6.21. The fourth-order valence-corrected chi connectivity index (χ4v) is 5.13. The lowest BCUT2D eigenvalue weighted by Gasteiger charge is -2.10. The van der Waals surface area contributed by atoms with Crippen LogP contribution >= 0.6 is 11.3 Å². The molecule has 0 spiro atoms. The van der Waals surface area contributed by atoms with Crippen molar-refractivity contribution in [3.8, 4) is 33.9 Å². The Hall–Kier alpha value is -4.16. The number of methoxy groups -OCH3 is 1. The Bertz CT molecular complexity index is 1490. The molecular formula is C29H24N2O3S. The first-order chi connectivity index (χ1) is 17.1. The van der Waals surface area contributed by atoms with Gasteiger partial charge in [-0.2, -0.15) is 0 Å². The van der Waals surface area contributed by atoms with Crippen LogP contribution in [0, 0.1) is 0 Å². The number of carbonyl (C=O) groups excluding carboxylic acids is 1. The number of aromatic nitrogens is 1. The third-order valence-corrected chi connectivity index (χ3v) is 6.90. The molecule has 0 saturated carbocycles. The number of hydrogen-bond donors (Lipinski definition) is 1. The molecule has 0 bridgehead atoms. The Morgan fingerprint density at radius 2 is 1.60 bits per heavy atom. The van der Waals surface area contributed by atoms with Gasteiger partial charge in [-0.15, -0.1) is 11.3 Å². The molecule has 5 aromatic rings. The summed E-state index contributed by atoms with van der Waals surface area (Å²) in [6, 6.07) is 27.0. The van der Waals surface area contributed by atoms with Gasteiger partial charge in [-0.3, -0.25) is 4.79 Å².